The van der Waals surface area contributed by atoms with E-state index in [-0.39, 0.29) is 37.7 Å². The van der Waals surface area contributed by atoms with Crippen LogP contribution in [0.2, 0.25) is 0 Å². The molecule has 0 bridgehead atoms. The first-order chi connectivity index (χ1) is 20.0. The number of anilines is 1. The van der Waals surface area contributed by atoms with Gasteiger partial charge in [0, 0.05) is 34.4 Å². The molecule has 0 aromatic heterocycles. The van der Waals surface area contributed by atoms with Crippen LogP contribution in [0.1, 0.15) is 73.6 Å². The van der Waals surface area contributed by atoms with Crippen LogP contribution in [0.25, 0.3) is 11.3 Å². The number of allylic oxidation sites excluding steroid dienone is 1. The van der Waals surface area contributed by atoms with Crippen LogP contribution >= 0.6 is 11.8 Å². The van der Waals surface area contributed by atoms with E-state index in [4.69, 9.17) is 10.1 Å². The van der Waals surface area contributed by atoms with E-state index in [2.05, 4.69) is 45.0 Å². The maximum absolute atomic E-state index is 16.8. The van der Waals surface area contributed by atoms with Crippen molar-refractivity contribution in [2.45, 2.75) is 84.6 Å². The van der Waals surface area contributed by atoms with Crippen molar-refractivity contribution in [1.82, 2.24) is 4.90 Å². The van der Waals surface area contributed by atoms with Gasteiger partial charge < -0.3 is 15.0 Å². The average molecular weight is 595 g/mol. The summed E-state index contributed by atoms with van der Waals surface area (Å²) in [7, 11) is 3.62. The van der Waals surface area contributed by atoms with Gasteiger partial charge in [-0.2, -0.15) is 5.26 Å². The molecule has 3 atom stereocenters. The minimum Gasteiger partial charge on any atom is -0.483 e. The molecule has 226 valence electrons. The molecule has 2 unspecified atom stereocenters. The number of fused-ring (bicyclic) bond motifs is 1. The van der Waals surface area contributed by atoms with Gasteiger partial charge >= 0.3 is 0 Å². The van der Waals surface area contributed by atoms with Crippen LogP contribution in [-0.2, 0) is 4.74 Å². The van der Waals surface area contributed by atoms with Gasteiger partial charge in [-0.05, 0) is 55.4 Å². The van der Waals surface area contributed by atoms with Crippen molar-refractivity contribution in [2.24, 2.45) is 11.8 Å². The molecule has 0 saturated carbocycles. The Morgan fingerprint density at radius 2 is 1.81 bits per heavy atom. The van der Waals surface area contributed by atoms with Gasteiger partial charge in [-0.1, -0.05) is 77.4 Å². The maximum Gasteiger partial charge on any atom is 0.186 e. The molecule has 2 aromatic rings. The minimum absolute atomic E-state index is 0.0407. The largest absolute Gasteiger partial charge is 0.483 e. The lowest BCUT2D eigenvalue weighted by Crippen LogP contribution is -2.38. The zero-order valence-electron chi connectivity index (χ0n) is 26.1. The first-order valence-electron chi connectivity index (χ1n) is 14.8. The SMILES string of the molecule is CC/C=C(/Nc1c(F)/c(=c2/ccc(F)c3c2=C(C#N)C(=N)S3)cc/c1=C(/C)N(C)C(CCC(C)CC)[C@H](C)CC)OC. The third-order valence-electron chi connectivity index (χ3n) is 8.56. The van der Waals surface area contributed by atoms with Crippen LogP contribution in [0.15, 0.2) is 41.1 Å². The second-order valence-electron chi connectivity index (χ2n) is 11.1. The summed E-state index contributed by atoms with van der Waals surface area (Å²) in [5, 5.41) is 22.7. The molecule has 0 spiro atoms. The van der Waals surface area contributed by atoms with Crippen LogP contribution < -0.4 is 15.8 Å². The Kier molecular flexibility index (Phi) is 11.6. The lowest BCUT2D eigenvalue weighted by molar-refractivity contribution is 0.222. The molecule has 3 rings (SSSR count). The van der Waals surface area contributed by atoms with E-state index in [9.17, 15) is 9.65 Å². The lowest BCUT2D eigenvalue weighted by atomic mass is 9.89. The van der Waals surface area contributed by atoms with E-state index < -0.39 is 11.6 Å². The van der Waals surface area contributed by atoms with E-state index in [1.807, 2.05) is 32.1 Å². The van der Waals surface area contributed by atoms with Crippen LogP contribution in [0.4, 0.5) is 14.5 Å². The highest BCUT2D eigenvalue weighted by molar-refractivity contribution is 8.15. The number of hydrogen-bond acceptors (Lipinski definition) is 6. The Morgan fingerprint density at radius 3 is 2.40 bits per heavy atom. The Bertz CT molecular complexity index is 1610. The van der Waals surface area contributed by atoms with Gasteiger partial charge in [0.15, 0.2) is 11.7 Å². The van der Waals surface area contributed by atoms with E-state index in [1.54, 1.807) is 6.07 Å². The van der Waals surface area contributed by atoms with E-state index in [0.717, 1.165) is 43.1 Å². The molecule has 1 heterocycles. The van der Waals surface area contributed by atoms with Crippen LogP contribution in [0.5, 0.6) is 0 Å². The lowest BCUT2D eigenvalue weighted by Gasteiger charge is -2.36. The number of nitrogens with zero attached hydrogens (tertiary/aromatic N) is 2. The van der Waals surface area contributed by atoms with Crippen LogP contribution in [0.3, 0.4) is 0 Å². The predicted molar refractivity (Wildman–Crippen MR) is 170 cm³/mol. The van der Waals surface area contributed by atoms with Crippen molar-refractivity contribution in [3.63, 3.8) is 0 Å². The zero-order valence-corrected chi connectivity index (χ0v) is 26.9. The molecule has 2 N–H and O–H groups in total. The Balaban J connectivity index is 2.42. The van der Waals surface area contributed by atoms with Gasteiger partial charge in [0.25, 0.3) is 0 Å². The number of rotatable bonds is 12. The number of halogens is 2. The summed E-state index contributed by atoms with van der Waals surface area (Å²) in [4.78, 5) is 2.46. The molecule has 42 heavy (non-hydrogen) atoms. The highest BCUT2D eigenvalue weighted by Crippen LogP contribution is 2.29. The first kappa shape index (κ1) is 33.2. The smallest absolute Gasteiger partial charge is 0.186 e. The summed E-state index contributed by atoms with van der Waals surface area (Å²) < 4.78 is 37.1. The quantitative estimate of drug-likeness (QED) is 0.247. The molecule has 5 nitrogen and oxygen atoms in total. The molecule has 0 saturated heterocycles. The fraction of sp³-hybridized carbons (Fsp3) is 0.471. The fourth-order valence-corrected chi connectivity index (χ4v) is 6.37. The van der Waals surface area contributed by atoms with E-state index >= 15 is 4.39 Å². The number of ether oxygens (including phenoxy) is 1. The van der Waals surface area contributed by atoms with Gasteiger partial charge in [0.1, 0.15) is 16.9 Å². The summed E-state index contributed by atoms with van der Waals surface area (Å²) in [5.41, 5.74) is 1.22. The van der Waals surface area contributed by atoms with Crippen LogP contribution in [-0.4, -0.2) is 30.1 Å². The molecule has 0 amide bonds. The Morgan fingerprint density at radius 1 is 1.12 bits per heavy atom. The highest BCUT2D eigenvalue weighted by atomic mass is 32.2. The van der Waals surface area contributed by atoms with Gasteiger partial charge in [-0.3, -0.25) is 5.41 Å². The number of nitrogens with one attached hydrogen (secondary N) is 2. The molecule has 2 aromatic carbocycles. The van der Waals surface area contributed by atoms with Crippen molar-refractivity contribution in [3.05, 3.63) is 68.7 Å². The summed E-state index contributed by atoms with van der Waals surface area (Å²) in [6.45, 7) is 13.0. The third kappa shape index (κ3) is 6.83. The average Bonchev–Trinajstić information content (AvgIpc) is 3.34. The molecule has 1 aliphatic heterocycles. The second kappa shape index (κ2) is 14.7. The summed E-state index contributed by atoms with van der Waals surface area (Å²) in [6, 6.07) is 8.63. The number of nitriles is 1. The first-order valence-corrected chi connectivity index (χ1v) is 15.6. The molecular formula is C34H44F2N4OS. The standard InChI is InChI=1S/C34H44F2N4OS/c1-9-12-29(41-8)39-32-23(22(6)40(7)28(21(5)11-3)18-13-20(4)10-2)14-15-25(31(32)36)24-16-17-27(35)33-30(24)26(19-37)34(38)42-33/h12,14-17,20-21,28,38-39H,9-11,13,18H2,1-8H3/b23-22+,25-24-,29-12-,38-34?/t20?,21-,28?/m1/s1. The number of hydrogen-bond donors (Lipinski definition) is 2. The number of thioether (sulfide) groups is 1. The number of methoxy groups -OCH3 is 1. The van der Waals surface area contributed by atoms with Crippen molar-refractivity contribution in [3.8, 4) is 6.07 Å². The fourth-order valence-electron chi connectivity index (χ4n) is 5.43. The second-order valence-corrected chi connectivity index (χ2v) is 12.1. The summed E-state index contributed by atoms with van der Waals surface area (Å²) in [6.07, 6.45) is 6.87. The van der Waals surface area contributed by atoms with Crippen molar-refractivity contribution < 1.29 is 13.5 Å². The highest BCUT2D eigenvalue weighted by Gasteiger charge is 2.25. The van der Waals surface area contributed by atoms with Gasteiger partial charge in [0.05, 0.1) is 23.3 Å². The Labute approximate surface area is 253 Å². The molecule has 8 heteroatoms. The van der Waals surface area contributed by atoms with Gasteiger partial charge in [-0.25, -0.2) is 8.78 Å². The van der Waals surface area contributed by atoms with Gasteiger partial charge in [-0.15, -0.1) is 0 Å². The molecule has 0 radical (unpaired) electrons. The third-order valence-corrected chi connectivity index (χ3v) is 9.57. The Hall–Kier alpha value is -3.31. The molecule has 0 aliphatic carbocycles. The molecule has 1 aliphatic rings. The summed E-state index contributed by atoms with van der Waals surface area (Å²) >= 11 is 0.889. The maximum atomic E-state index is 16.8. The monoisotopic (exact) mass is 594 g/mol. The summed E-state index contributed by atoms with van der Waals surface area (Å²) in [5.74, 6) is 0.435. The normalized spacial score (nSPS) is 16.8. The van der Waals surface area contributed by atoms with Gasteiger partial charge in [0.2, 0.25) is 0 Å². The predicted octanol–water partition coefficient (Wildman–Crippen LogP) is 7.62. The number of benzene rings is 2. The molecular weight excluding hydrogens is 550 g/mol. The topological polar surface area (TPSA) is 72.1 Å². The van der Waals surface area contributed by atoms with E-state index in [0.29, 0.717) is 34.6 Å². The van der Waals surface area contributed by atoms with Crippen molar-refractivity contribution in [2.75, 3.05) is 19.5 Å². The zero-order chi connectivity index (χ0) is 31.1. The minimum atomic E-state index is -0.534. The molecule has 0 fully saturated rings. The van der Waals surface area contributed by atoms with Crippen molar-refractivity contribution >= 4 is 33.8 Å². The van der Waals surface area contributed by atoms with E-state index in [1.165, 1.54) is 19.2 Å². The van der Waals surface area contributed by atoms with Crippen molar-refractivity contribution in [1.29, 1.82) is 10.7 Å². The van der Waals surface area contributed by atoms with Crippen LogP contribution in [0, 0.1) is 50.6 Å².